The molecule has 0 radical (unpaired) electrons. The SMILES string of the molecule is COc1ccc(Nc2nc(-c3ccc(O)c(O)c3)cs2)cc1. The fourth-order valence-corrected chi connectivity index (χ4v) is 2.68. The van der Waals surface area contributed by atoms with Crippen molar-refractivity contribution in [1.29, 1.82) is 0 Å². The molecule has 0 spiro atoms. The second kappa shape index (κ2) is 5.95. The standard InChI is InChI=1S/C16H14N2O3S/c1-21-12-5-3-11(4-6-12)17-16-18-13(9-22-16)10-2-7-14(19)15(20)8-10/h2-9,19-20H,1H3,(H,17,18). The van der Waals surface area contributed by atoms with Gasteiger partial charge in [0, 0.05) is 16.6 Å². The first-order valence-electron chi connectivity index (χ1n) is 6.54. The maximum atomic E-state index is 9.55. The normalized spacial score (nSPS) is 10.4. The van der Waals surface area contributed by atoms with Crippen molar-refractivity contribution in [3.05, 3.63) is 47.8 Å². The van der Waals surface area contributed by atoms with Gasteiger partial charge in [-0.2, -0.15) is 0 Å². The number of methoxy groups -OCH3 is 1. The number of rotatable bonds is 4. The molecule has 0 amide bonds. The molecule has 0 aliphatic rings. The molecule has 0 atom stereocenters. The summed E-state index contributed by atoms with van der Waals surface area (Å²) < 4.78 is 5.12. The van der Waals surface area contributed by atoms with Gasteiger partial charge in [-0.3, -0.25) is 0 Å². The second-order valence-corrected chi connectivity index (χ2v) is 5.45. The van der Waals surface area contributed by atoms with Crippen LogP contribution in [0.25, 0.3) is 11.3 Å². The summed E-state index contributed by atoms with van der Waals surface area (Å²) in [5.74, 6) is 0.496. The molecule has 0 saturated carbocycles. The van der Waals surface area contributed by atoms with E-state index in [0.29, 0.717) is 0 Å². The number of nitrogens with one attached hydrogen (secondary N) is 1. The molecule has 2 aromatic carbocycles. The van der Waals surface area contributed by atoms with Gasteiger partial charge < -0.3 is 20.3 Å². The van der Waals surface area contributed by atoms with Crippen LogP contribution in [0.15, 0.2) is 47.8 Å². The smallest absolute Gasteiger partial charge is 0.187 e. The molecule has 3 N–H and O–H groups in total. The average Bonchev–Trinajstić information content (AvgIpc) is 2.99. The molecule has 0 saturated heterocycles. The summed E-state index contributed by atoms with van der Waals surface area (Å²) in [6.45, 7) is 0. The van der Waals surface area contributed by atoms with E-state index < -0.39 is 0 Å². The van der Waals surface area contributed by atoms with E-state index in [-0.39, 0.29) is 11.5 Å². The maximum Gasteiger partial charge on any atom is 0.187 e. The Bertz CT molecular complexity index is 784. The molecule has 3 rings (SSSR count). The van der Waals surface area contributed by atoms with Crippen molar-refractivity contribution < 1.29 is 14.9 Å². The van der Waals surface area contributed by atoms with Gasteiger partial charge in [0.1, 0.15) is 5.75 Å². The lowest BCUT2D eigenvalue weighted by Crippen LogP contribution is -1.90. The van der Waals surface area contributed by atoms with Gasteiger partial charge in [-0.15, -0.1) is 11.3 Å². The zero-order valence-electron chi connectivity index (χ0n) is 11.8. The van der Waals surface area contributed by atoms with Crippen LogP contribution in [0.5, 0.6) is 17.2 Å². The van der Waals surface area contributed by atoms with Crippen LogP contribution in [0.1, 0.15) is 0 Å². The molecule has 22 heavy (non-hydrogen) atoms. The van der Waals surface area contributed by atoms with Crippen LogP contribution in [0.2, 0.25) is 0 Å². The van der Waals surface area contributed by atoms with Crippen LogP contribution in [0.3, 0.4) is 0 Å². The lowest BCUT2D eigenvalue weighted by molar-refractivity contribution is 0.404. The Morgan fingerprint density at radius 2 is 1.82 bits per heavy atom. The minimum atomic E-state index is -0.157. The van der Waals surface area contributed by atoms with Crippen molar-refractivity contribution in [2.75, 3.05) is 12.4 Å². The summed E-state index contributed by atoms with van der Waals surface area (Å²) in [7, 11) is 1.63. The van der Waals surface area contributed by atoms with Gasteiger partial charge in [0.05, 0.1) is 12.8 Å². The number of hydrogen-bond acceptors (Lipinski definition) is 6. The van der Waals surface area contributed by atoms with Crippen LogP contribution < -0.4 is 10.1 Å². The summed E-state index contributed by atoms with van der Waals surface area (Å²) in [6, 6.07) is 12.2. The van der Waals surface area contributed by atoms with Gasteiger partial charge >= 0.3 is 0 Å². The molecular formula is C16H14N2O3S. The highest BCUT2D eigenvalue weighted by Gasteiger charge is 2.07. The van der Waals surface area contributed by atoms with E-state index in [1.165, 1.54) is 23.5 Å². The first kappa shape index (κ1) is 14.2. The quantitative estimate of drug-likeness (QED) is 0.635. The predicted octanol–water partition coefficient (Wildman–Crippen LogP) is 3.97. The highest BCUT2D eigenvalue weighted by molar-refractivity contribution is 7.14. The zero-order chi connectivity index (χ0) is 15.5. The number of hydrogen-bond donors (Lipinski definition) is 3. The number of thiazole rings is 1. The summed E-state index contributed by atoms with van der Waals surface area (Å²) in [5.41, 5.74) is 2.39. The van der Waals surface area contributed by atoms with Crippen molar-refractivity contribution in [3.8, 4) is 28.5 Å². The molecular weight excluding hydrogens is 300 g/mol. The van der Waals surface area contributed by atoms with E-state index in [2.05, 4.69) is 10.3 Å². The van der Waals surface area contributed by atoms with E-state index in [0.717, 1.165) is 27.8 Å². The third-order valence-electron chi connectivity index (χ3n) is 3.12. The highest BCUT2D eigenvalue weighted by Crippen LogP contribution is 2.32. The third kappa shape index (κ3) is 2.96. The Labute approximate surface area is 131 Å². The molecule has 0 aliphatic heterocycles. The van der Waals surface area contributed by atoms with E-state index in [9.17, 15) is 10.2 Å². The molecule has 1 aromatic heterocycles. The second-order valence-electron chi connectivity index (χ2n) is 4.59. The van der Waals surface area contributed by atoms with Crippen molar-refractivity contribution >= 4 is 22.2 Å². The molecule has 112 valence electrons. The highest BCUT2D eigenvalue weighted by atomic mass is 32.1. The third-order valence-corrected chi connectivity index (χ3v) is 3.87. The minimum absolute atomic E-state index is 0.143. The first-order valence-corrected chi connectivity index (χ1v) is 7.42. The van der Waals surface area contributed by atoms with E-state index >= 15 is 0 Å². The summed E-state index contributed by atoms with van der Waals surface area (Å²) in [5, 5.41) is 24.7. The van der Waals surface area contributed by atoms with Gasteiger partial charge in [0.15, 0.2) is 16.6 Å². The van der Waals surface area contributed by atoms with Crippen LogP contribution in [0, 0.1) is 0 Å². The fraction of sp³-hybridized carbons (Fsp3) is 0.0625. The lowest BCUT2D eigenvalue weighted by atomic mass is 10.1. The number of phenolic OH excluding ortho intramolecular Hbond substituents is 2. The van der Waals surface area contributed by atoms with Gasteiger partial charge in [-0.05, 0) is 42.5 Å². The van der Waals surface area contributed by atoms with Crippen LogP contribution >= 0.6 is 11.3 Å². The first-order chi connectivity index (χ1) is 10.7. The molecule has 0 aliphatic carbocycles. The molecule has 3 aromatic rings. The van der Waals surface area contributed by atoms with Crippen molar-refractivity contribution in [2.24, 2.45) is 0 Å². The summed E-state index contributed by atoms with van der Waals surface area (Å²) >= 11 is 1.46. The number of ether oxygens (including phenoxy) is 1. The Balaban J connectivity index is 1.79. The van der Waals surface area contributed by atoms with Gasteiger partial charge in [-0.25, -0.2) is 4.98 Å². The van der Waals surface area contributed by atoms with E-state index in [4.69, 9.17) is 4.74 Å². The topological polar surface area (TPSA) is 74.6 Å². The van der Waals surface area contributed by atoms with Gasteiger partial charge in [-0.1, -0.05) is 0 Å². The Morgan fingerprint density at radius 3 is 2.50 bits per heavy atom. The number of aromatic hydroxyl groups is 2. The fourth-order valence-electron chi connectivity index (χ4n) is 1.94. The molecule has 6 heteroatoms. The molecule has 5 nitrogen and oxygen atoms in total. The maximum absolute atomic E-state index is 9.55. The number of anilines is 2. The Hall–Kier alpha value is -2.73. The predicted molar refractivity (Wildman–Crippen MR) is 87.2 cm³/mol. The van der Waals surface area contributed by atoms with E-state index in [1.807, 2.05) is 29.6 Å². The van der Waals surface area contributed by atoms with E-state index in [1.54, 1.807) is 13.2 Å². The minimum Gasteiger partial charge on any atom is -0.504 e. The lowest BCUT2D eigenvalue weighted by Gasteiger charge is -2.04. The van der Waals surface area contributed by atoms with Crippen molar-refractivity contribution in [2.45, 2.75) is 0 Å². The number of aromatic nitrogens is 1. The molecule has 0 fully saturated rings. The molecule has 1 heterocycles. The van der Waals surface area contributed by atoms with Gasteiger partial charge in [0.25, 0.3) is 0 Å². The monoisotopic (exact) mass is 314 g/mol. The Kier molecular flexibility index (Phi) is 3.84. The van der Waals surface area contributed by atoms with Crippen LogP contribution in [-0.2, 0) is 0 Å². The number of benzene rings is 2. The van der Waals surface area contributed by atoms with Crippen molar-refractivity contribution in [3.63, 3.8) is 0 Å². The zero-order valence-corrected chi connectivity index (χ0v) is 12.6. The van der Waals surface area contributed by atoms with Crippen LogP contribution in [0.4, 0.5) is 10.8 Å². The van der Waals surface area contributed by atoms with Crippen LogP contribution in [-0.4, -0.2) is 22.3 Å². The molecule has 0 unspecified atom stereocenters. The molecule has 0 bridgehead atoms. The van der Waals surface area contributed by atoms with Crippen molar-refractivity contribution in [1.82, 2.24) is 4.98 Å². The number of nitrogens with zero attached hydrogens (tertiary/aromatic N) is 1. The average molecular weight is 314 g/mol. The van der Waals surface area contributed by atoms with Gasteiger partial charge in [0.2, 0.25) is 0 Å². The number of phenols is 2. The Morgan fingerprint density at radius 1 is 1.05 bits per heavy atom. The summed E-state index contributed by atoms with van der Waals surface area (Å²) in [6.07, 6.45) is 0. The largest absolute Gasteiger partial charge is 0.504 e. The summed E-state index contributed by atoms with van der Waals surface area (Å²) in [4.78, 5) is 4.47.